The Labute approximate surface area is 70.0 Å². The average Bonchev–Trinajstić information content (AvgIpc) is 2.04. The molecule has 66 valence electrons. The van der Waals surface area contributed by atoms with Gasteiger partial charge in [-0.05, 0) is 13.0 Å². The summed E-state index contributed by atoms with van der Waals surface area (Å²) in [6.07, 6.45) is 0.567. The Morgan fingerprint density at radius 2 is 2.33 bits per heavy atom. The first kappa shape index (κ1) is 9.09. The number of rotatable bonds is 2. The van der Waals surface area contributed by atoms with Gasteiger partial charge in [-0.1, -0.05) is 6.07 Å². The zero-order chi connectivity index (χ0) is 9.14. The summed E-state index contributed by atoms with van der Waals surface area (Å²) in [4.78, 5) is 3.42. The van der Waals surface area contributed by atoms with Crippen LogP contribution >= 0.6 is 0 Å². The molecular weight excluding hydrogens is 159 g/mol. The Kier molecular flexibility index (Phi) is 2.73. The van der Waals surface area contributed by atoms with Crippen LogP contribution in [-0.2, 0) is 0 Å². The van der Waals surface area contributed by atoms with Gasteiger partial charge in [-0.3, -0.25) is 0 Å². The molecule has 1 unspecified atom stereocenters. The molecule has 3 nitrogen and oxygen atoms in total. The van der Waals surface area contributed by atoms with Crippen molar-refractivity contribution in [2.75, 3.05) is 0 Å². The molecule has 0 aliphatic carbocycles. The number of aliphatic hydroxyl groups excluding tert-OH is 1. The number of pyridine rings is 1. The van der Waals surface area contributed by atoms with Crippen molar-refractivity contribution in [3.8, 4) is 0 Å². The van der Waals surface area contributed by atoms with E-state index in [1.54, 1.807) is 6.07 Å². The van der Waals surface area contributed by atoms with Crippen molar-refractivity contribution in [1.29, 1.82) is 0 Å². The number of halogens is 1. The predicted molar refractivity (Wildman–Crippen MR) is 42.8 cm³/mol. The molecule has 0 fully saturated rings. The van der Waals surface area contributed by atoms with Gasteiger partial charge in [0.05, 0.1) is 12.1 Å². The van der Waals surface area contributed by atoms with E-state index in [-0.39, 0.29) is 5.56 Å². The number of hydrogen-bond donors (Lipinski definition) is 2. The lowest BCUT2D eigenvalue weighted by molar-refractivity contribution is 0.162. The Morgan fingerprint density at radius 3 is 2.83 bits per heavy atom. The molecule has 12 heavy (non-hydrogen) atoms. The summed E-state index contributed by atoms with van der Waals surface area (Å²) >= 11 is 0. The van der Waals surface area contributed by atoms with E-state index in [1.807, 2.05) is 0 Å². The van der Waals surface area contributed by atoms with Crippen molar-refractivity contribution in [2.24, 2.45) is 5.73 Å². The van der Waals surface area contributed by atoms with Gasteiger partial charge in [0.25, 0.3) is 0 Å². The third-order valence-corrected chi connectivity index (χ3v) is 1.67. The van der Waals surface area contributed by atoms with E-state index in [2.05, 4.69) is 4.98 Å². The van der Waals surface area contributed by atoms with Crippen LogP contribution in [-0.4, -0.2) is 16.2 Å². The maximum absolute atomic E-state index is 12.9. The van der Waals surface area contributed by atoms with Crippen LogP contribution in [0.1, 0.15) is 18.5 Å². The van der Waals surface area contributed by atoms with Gasteiger partial charge in [-0.2, -0.15) is 4.39 Å². The molecule has 2 atom stereocenters. The summed E-state index contributed by atoms with van der Waals surface area (Å²) in [7, 11) is 0. The molecule has 0 bridgehead atoms. The van der Waals surface area contributed by atoms with Gasteiger partial charge >= 0.3 is 0 Å². The van der Waals surface area contributed by atoms with Crippen LogP contribution in [0.15, 0.2) is 18.3 Å². The van der Waals surface area contributed by atoms with Gasteiger partial charge in [0, 0.05) is 11.8 Å². The molecular formula is C8H11FN2O. The van der Waals surface area contributed by atoms with Crippen molar-refractivity contribution >= 4 is 0 Å². The first-order valence-corrected chi connectivity index (χ1v) is 3.67. The normalized spacial score (nSPS) is 15.7. The van der Waals surface area contributed by atoms with E-state index in [0.717, 1.165) is 0 Å². The van der Waals surface area contributed by atoms with Crippen molar-refractivity contribution in [3.05, 3.63) is 29.8 Å². The number of hydrogen-bond acceptors (Lipinski definition) is 3. The second-order valence-corrected chi connectivity index (χ2v) is 2.65. The summed E-state index contributed by atoms with van der Waals surface area (Å²) in [5.41, 5.74) is 5.75. The quantitative estimate of drug-likeness (QED) is 0.639. The van der Waals surface area contributed by atoms with Crippen molar-refractivity contribution in [1.82, 2.24) is 4.98 Å². The summed E-state index contributed by atoms with van der Waals surface area (Å²) in [6, 6.07) is 2.39. The van der Waals surface area contributed by atoms with Gasteiger partial charge in [0.15, 0.2) is 0 Å². The molecule has 1 aromatic rings. The van der Waals surface area contributed by atoms with Gasteiger partial charge in [0.2, 0.25) is 5.95 Å². The monoisotopic (exact) mass is 170 g/mol. The van der Waals surface area contributed by atoms with Gasteiger partial charge < -0.3 is 10.8 Å². The lowest BCUT2D eigenvalue weighted by Gasteiger charge is -2.14. The highest BCUT2D eigenvalue weighted by atomic mass is 19.1. The maximum Gasteiger partial charge on any atom is 0.217 e. The second kappa shape index (κ2) is 3.60. The minimum absolute atomic E-state index is 0.243. The minimum atomic E-state index is -0.774. The highest BCUT2D eigenvalue weighted by Crippen LogP contribution is 2.15. The Morgan fingerprint density at radius 1 is 1.67 bits per heavy atom. The topological polar surface area (TPSA) is 59.1 Å². The first-order valence-electron chi connectivity index (χ1n) is 3.67. The van der Waals surface area contributed by atoms with Crippen LogP contribution in [0.5, 0.6) is 0 Å². The standard InChI is InChI=1S/C8H11FN2O/c1-5(12)7(10)6-3-2-4-11-8(6)9/h2-5,7,12H,10H2,1H3/t5?,7-/m0/s1. The molecule has 1 aromatic heterocycles. The third-order valence-electron chi connectivity index (χ3n) is 1.67. The molecule has 0 aromatic carbocycles. The average molecular weight is 170 g/mol. The second-order valence-electron chi connectivity index (χ2n) is 2.65. The van der Waals surface area contributed by atoms with E-state index in [4.69, 9.17) is 10.8 Å². The number of nitrogens with two attached hydrogens (primary N) is 1. The molecule has 0 spiro atoms. The highest BCUT2D eigenvalue weighted by Gasteiger charge is 2.15. The molecule has 0 amide bonds. The fourth-order valence-electron chi connectivity index (χ4n) is 0.907. The van der Waals surface area contributed by atoms with Crippen LogP contribution in [0.4, 0.5) is 4.39 Å². The maximum atomic E-state index is 12.9. The van der Waals surface area contributed by atoms with Crippen molar-refractivity contribution < 1.29 is 9.50 Å². The van der Waals surface area contributed by atoms with Crippen LogP contribution in [0.2, 0.25) is 0 Å². The minimum Gasteiger partial charge on any atom is -0.391 e. The van der Waals surface area contributed by atoms with Gasteiger partial charge in [0.1, 0.15) is 0 Å². The number of nitrogens with zero attached hydrogens (tertiary/aromatic N) is 1. The zero-order valence-electron chi connectivity index (χ0n) is 6.74. The lowest BCUT2D eigenvalue weighted by atomic mass is 10.1. The largest absolute Gasteiger partial charge is 0.391 e. The summed E-state index contributed by atoms with van der Waals surface area (Å²) in [6.45, 7) is 1.51. The Hall–Kier alpha value is -1.00. The van der Waals surface area contributed by atoms with Crippen LogP contribution in [0.25, 0.3) is 0 Å². The van der Waals surface area contributed by atoms with Crippen LogP contribution < -0.4 is 5.73 Å². The molecule has 0 saturated carbocycles. The van der Waals surface area contributed by atoms with Crippen molar-refractivity contribution in [3.63, 3.8) is 0 Å². The first-order chi connectivity index (χ1) is 5.63. The molecule has 1 rings (SSSR count). The smallest absolute Gasteiger partial charge is 0.217 e. The summed E-state index contributed by atoms with van der Waals surface area (Å²) in [5.74, 6) is -0.620. The molecule has 4 heteroatoms. The molecule has 0 aliphatic heterocycles. The Balaban J connectivity index is 2.94. The van der Waals surface area contributed by atoms with E-state index in [1.165, 1.54) is 19.2 Å². The van der Waals surface area contributed by atoms with E-state index in [9.17, 15) is 4.39 Å². The molecule has 0 radical (unpaired) electrons. The van der Waals surface area contributed by atoms with E-state index >= 15 is 0 Å². The summed E-state index contributed by atoms with van der Waals surface area (Å²) in [5, 5.41) is 9.08. The zero-order valence-corrected chi connectivity index (χ0v) is 6.74. The number of aliphatic hydroxyl groups is 1. The fourth-order valence-corrected chi connectivity index (χ4v) is 0.907. The van der Waals surface area contributed by atoms with Gasteiger partial charge in [-0.15, -0.1) is 0 Å². The summed E-state index contributed by atoms with van der Waals surface area (Å²) < 4.78 is 12.9. The predicted octanol–water partition coefficient (Wildman–Crippen LogP) is 0.601. The molecule has 1 heterocycles. The van der Waals surface area contributed by atoms with Crippen molar-refractivity contribution in [2.45, 2.75) is 19.1 Å². The Bertz CT molecular complexity index is 265. The van der Waals surface area contributed by atoms with E-state index < -0.39 is 18.1 Å². The van der Waals surface area contributed by atoms with Crippen LogP contribution in [0, 0.1) is 5.95 Å². The van der Waals surface area contributed by atoms with E-state index in [0.29, 0.717) is 0 Å². The SMILES string of the molecule is CC(O)[C@H](N)c1cccnc1F. The fraction of sp³-hybridized carbons (Fsp3) is 0.375. The lowest BCUT2D eigenvalue weighted by Crippen LogP contribution is -2.24. The molecule has 0 saturated heterocycles. The number of aromatic nitrogens is 1. The van der Waals surface area contributed by atoms with Crippen LogP contribution in [0.3, 0.4) is 0 Å². The highest BCUT2D eigenvalue weighted by molar-refractivity contribution is 5.16. The molecule has 0 aliphatic rings. The van der Waals surface area contributed by atoms with Gasteiger partial charge in [-0.25, -0.2) is 4.98 Å². The third kappa shape index (κ3) is 1.78. The molecule has 3 N–H and O–H groups in total.